The van der Waals surface area contributed by atoms with Gasteiger partial charge in [0.05, 0.1) is 11.1 Å². The van der Waals surface area contributed by atoms with Crippen LogP contribution in [0.2, 0.25) is 0 Å². The fourth-order valence-corrected chi connectivity index (χ4v) is 3.76. The number of aromatic carboxylic acids is 1. The molecule has 0 saturated carbocycles. The molecule has 0 saturated heterocycles. The second-order valence-electron chi connectivity index (χ2n) is 7.81. The highest BCUT2D eigenvalue weighted by atomic mass is 16.5. The van der Waals surface area contributed by atoms with E-state index in [9.17, 15) is 9.59 Å². The monoisotopic (exact) mass is 437 g/mol. The Morgan fingerprint density at radius 1 is 0.788 bits per heavy atom. The maximum absolute atomic E-state index is 12.6. The third-order valence-electron chi connectivity index (χ3n) is 5.51. The van der Waals surface area contributed by atoms with E-state index in [0.29, 0.717) is 17.6 Å². The Kier molecular flexibility index (Phi) is 5.32. The van der Waals surface area contributed by atoms with Gasteiger partial charge in [-0.2, -0.15) is 0 Å². The normalized spacial score (nSPS) is 11.0. The standard InChI is InChI=1S/C27H19NO5/c29-26(30)21-6-1-17(2-7-21)11-18-3-5-20-8-9-22(14-23(20)12-18)27(31)32-15-19-4-10-25-24(13-19)28-16-33-25/h1-10,12-14,16H,11,15H2,(H,29,30). The van der Waals surface area contributed by atoms with Crippen molar-refractivity contribution < 1.29 is 23.8 Å². The van der Waals surface area contributed by atoms with Crippen molar-refractivity contribution in [2.24, 2.45) is 0 Å². The van der Waals surface area contributed by atoms with E-state index in [-0.39, 0.29) is 12.2 Å². The summed E-state index contributed by atoms with van der Waals surface area (Å²) in [4.78, 5) is 27.8. The van der Waals surface area contributed by atoms with Crippen LogP contribution in [-0.4, -0.2) is 22.0 Å². The Morgan fingerprint density at radius 3 is 2.33 bits per heavy atom. The number of esters is 1. The molecule has 0 fully saturated rings. The lowest BCUT2D eigenvalue weighted by atomic mass is 9.99. The molecule has 0 spiro atoms. The largest absolute Gasteiger partial charge is 0.478 e. The maximum atomic E-state index is 12.6. The molecule has 0 atom stereocenters. The molecule has 5 aromatic rings. The van der Waals surface area contributed by atoms with E-state index in [1.807, 2.05) is 54.6 Å². The number of carboxylic acid groups (broad SMARTS) is 1. The minimum absolute atomic E-state index is 0.145. The molecule has 0 aliphatic heterocycles. The molecule has 0 amide bonds. The summed E-state index contributed by atoms with van der Waals surface area (Å²) in [5.74, 6) is -1.34. The van der Waals surface area contributed by atoms with Crippen LogP contribution in [-0.2, 0) is 17.8 Å². The van der Waals surface area contributed by atoms with Crippen LogP contribution in [0.15, 0.2) is 89.7 Å². The predicted octanol–water partition coefficient (Wildman–Crippen LogP) is 5.63. The summed E-state index contributed by atoms with van der Waals surface area (Å²) in [6, 6.07) is 23.9. The van der Waals surface area contributed by atoms with E-state index in [2.05, 4.69) is 4.98 Å². The van der Waals surface area contributed by atoms with Gasteiger partial charge in [-0.15, -0.1) is 0 Å². The van der Waals surface area contributed by atoms with Crippen LogP contribution >= 0.6 is 0 Å². The Morgan fingerprint density at radius 2 is 1.52 bits per heavy atom. The van der Waals surface area contributed by atoms with E-state index >= 15 is 0 Å². The average molecular weight is 437 g/mol. The third kappa shape index (κ3) is 4.45. The van der Waals surface area contributed by atoms with Gasteiger partial charge in [-0.3, -0.25) is 0 Å². The van der Waals surface area contributed by atoms with Crippen LogP contribution in [0.5, 0.6) is 0 Å². The van der Waals surface area contributed by atoms with Crippen LogP contribution < -0.4 is 0 Å². The smallest absolute Gasteiger partial charge is 0.338 e. The van der Waals surface area contributed by atoms with Crippen molar-refractivity contribution in [2.75, 3.05) is 0 Å². The number of hydrogen-bond donors (Lipinski definition) is 1. The van der Waals surface area contributed by atoms with Crippen LogP contribution in [0.4, 0.5) is 0 Å². The first-order valence-corrected chi connectivity index (χ1v) is 10.4. The van der Waals surface area contributed by atoms with Gasteiger partial charge in [-0.25, -0.2) is 14.6 Å². The zero-order valence-corrected chi connectivity index (χ0v) is 17.5. The van der Waals surface area contributed by atoms with Crippen molar-refractivity contribution in [2.45, 2.75) is 13.0 Å². The molecular weight excluding hydrogens is 418 g/mol. The second-order valence-corrected chi connectivity index (χ2v) is 7.81. The summed E-state index contributed by atoms with van der Waals surface area (Å²) in [6.07, 6.45) is 2.05. The van der Waals surface area contributed by atoms with E-state index in [1.54, 1.807) is 24.3 Å². The Bertz CT molecular complexity index is 1480. The van der Waals surface area contributed by atoms with Crippen molar-refractivity contribution in [1.29, 1.82) is 0 Å². The second kappa shape index (κ2) is 8.59. The minimum atomic E-state index is -0.939. The van der Waals surface area contributed by atoms with Crippen LogP contribution in [0.25, 0.3) is 21.9 Å². The lowest BCUT2D eigenvalue weighted by Crippen LogP contribution is -2.05. The van der Waals surface area contributed by atoms with Crippen LogP contribution in [0.1, 0.15) is 37.4 Å². The van der Waals surface area contributed by atoms with E-state index < -0.39 is 11.9 Å². The number of aromatic nitrogens is 1. The molecule has 1 heterocycles. The molecule has 1 N–H and O–H groups in total. The molecule has 162 valence electrons. The van der Waals surface area contributed by atoms with Crippen molar-refractivity contribution in [3.8, 4) is 0 Å². The van der Waals surface area contributed by atoms with Gasteiger partial charge in [0.2, 0.25) is 0 Å². The molecule has 4 aromatic carbocycles. The zero-order chi connectivity index (χ0) is 22.8. The summed E-state index contributed by atoms with van der Waals surface area (Å²) in [7, 11) is 0. The molecule has 0 aliphatic carbocycles. The summed E-state index contributed by atoms with van der Waals surface area (Å²) >= 11 is 0. The molecule has 0 bridgehead atoms. The summed E-state index contributed by atoms with van der Waals surface area (Å²) in [6.45, 7) is 0.145. The van der Waals surface area contributed by atoms with Crippen molar-refractivity contribution in [1.82, 2.24) is 4.98 Å². The lowest BCUT2D eigenvalue weighted by Gasteiger charge is -2.08. The number of rotatable bonds is 6. The number of carbonyl (C=O) groups is 2. The van der Waals surface area contributed by atoms with Gasteiger partial charge in [-0.05, 0) is 70.3 Å². The van der Waals surface area contributed by atoms with Gasteiger partial charge in [0.1, 0.15) is 12.1 Å². The molecule has 5 rings (SSSR count). The molecule has 6 nitrogen and oxygen atoms in total. The Balaban J connectivity index is 1.31. The summed E-state index contributed by atoms with van der Waals surface area (Å²) in [5.41, 5.74) is 5.07. The maximum Gasteiger partial charge on any atom is 0.338 e. The fraction of sp³-hybridized carbons (Fsp3) is 0.0741. The average Bonchev–Trinajstić information content (AvgIpc) is 3.30. The van der Waals surface area contributed by atoms with Crippen LogP contribution in [0.3, 0.4) is 0 Å². The number of benzene rings is 4. The molecule has 33 heavy (non-hydrogen) atoms. The van der Waals surface area contributed by atoms with E-state index in [1.165, 1.54) is 6.39 Å². The molecule has 0 unspecified atom stereocenters. The SMILES string of the molecule is O=C(O)c1ccc(Cc2ccc3ccc(C(=O)OCc4ccc5ocnc5c4)cc3c2)cc1. The van der Waals surface area contributed by atoms with Crippen molar-refractivity contribution in [3.63, 3.8) is 0 Å². The minimum Gasteiger partial charge on any atom is -0.478 e. The first-order valence-electron chi connectivity index (χ1n) is 10.4. The van der Waals surface area contributed by atoms with Gasteiger partial charge in [0, 0.05) is 0 Å². The topological polar surface area (TPSA) is 89.6 Å². The van der Waals surface area contributed by atoms with Crippen molar-refractivity contribution in [3.05, 3.63) is 113 Å². The lowest BCUT2D eigenvalue weighted by molar-refractivity contribution is 0.0472. The number of ether oxygens (including phenoxy) is 1. The van der Waals surface area contributed by atoms with Gasteiger partial charge >= 0.3 is 11.9 Å². The number of fused-ring (bicyclic) bond motifs is 2. The number of carboxylic acids is 1. The number of nitrogens with zero attached hydrogens (tertiary/aromatic N) is 1. The molecule has 0 aliphatic rings. The first-order chi connectivity index (χ1) is 16.0. The van der Waals surface area contributed by atoms with E-state index in [4.69, 9.17) is 14.3 Å². The molecule has 1 aromatic heterocycles. The van der Waals surface area contributed by atoms with Crippen LogP contribution in [0, 0.1) is 0 Å². The quantitative estimate of drug-likeness (QED) is 0.347. The van der Waals surface area contributed by atoms with Gasteiger partial charge in [0.15, 0.2) is 12.0 Å². The van der Waals surface area contributed by atoms with Gasteiger partial charge in [0.25, 0.3) is 0 Å². The summed E-state index contributed by atoms with van der Waals surface area (Å²) in [5, 5.41) is 11.0. The zero-order valence-electron chi connectivity index (χ0n) is 17.5. The Labute approximate surface area is 189 Å². The van der Waals surface area contributed by atoms with Gasteiger partial charge in [-0.1, -0.05) is 42.5 Å². The fourth-order valence-electron chi connectivity index (χ4n) is 3.76. The Hall–Kier alpha value is -4.45. The van der Waals surface area contributed by atoms with Gasteiger partial charge < -0.3 is 14.3 Å². The van der Waals surface area contributed by atoms with Crippen molar-refractivity contribution >= 4 is 33.8 Å². The highest BCUT2D eigenvalue weighted by Gasteiger charge is 2.10. The van der Waals surface area contributed by atoms with E-state index in [0.717, 1.165) is 33.0 Å². The number of carbonyl (C=O) groups excluding carboxylic acids is 1. The summed E-state index contributed by atoms with van der Waals surface area (Å²) < 4.78 is 10.7. The molecule has 0 radical (unpaired) electrons. The predicted molar refractivity (Wildman–Crippen MR) is 123 cm³/mol. The number of hydrogen-bond acceptors (Lipinski definition) is 5. The number of oxazole rings is 1. The molecule has 6 heteroatoms. The highest BCUT2D eigenvalue weighted by molar-refractivity contribution is 5.95. The first kappa shape index (κ1) is 20.5. The highest BCUT2D eigenvalue weighted by Crippen LogP contribution is 2.21. The third-order valence-corrected chi connectivity index (χ3v) is 5.51. The molecular formula is C27H19NO5.